The number of nitrogens with one attached hydrogen (secondary N) is 1. The molecule has 0 aliphatic heterocycles. The lowest BCUT2D eigenvalue weighted by molar-refractivity contribution is 0.790. The predicted octanol–water partition coefficient (Wildman–Crippen LogP) is 1.87. The van der Waals surface area contributed by atoms with Gasteiger partial charge in [0, 0.05) is 18.0 Å². The van der Waals surface area contributed by atoms with Crippen LogP contribution in [-0.2, 0) is 6.54 Å². The fourth-order valence-electron chi connectivity index (χ4n) is 1.51. The summed E-state index contributed by atoms with van der Waals surface area (Å²) in [5.74, 6) is 0.465. The third kappa shape index (κ3) is 2.89. The molecule has 0 fully saturated rings. The summed E-state index contributed by atoms with van der Waals surface area (Å²) in [5.41, 5.74) is 0.799. The first-order chi connectivity index (χ1) is 9.11. The summed E-state index contributed by atoms with van der Waals surface area (Å²) in [6.07, 6.45) is 3.12. The summed E-state index contributed by atoms with van der Waals surface area (Å²) in [6.45, 7) is 1.80. The zero-order chi connectivity index (χ0) is 13.8. The minimum atomic E-state index is -0.293. The van der Waals surface area contributed by atoms with Crippen LogP contribution in [0.4, 0.5) is 11.5 Å². The number of nitriles is 1. The molecular weight excluding hydrogens is 266 g/mol. The molecule has 2 aromatic heterocycles. The minimum Gasteiger partial charge on any atom is -0.335 e. The van der Waals surface area contributed by atoms with E-state index in [0.717, 1.165) is 5.56 Å². The first kappa shape index (κ1) is 13.1. The Labute approximate surface area is 114 Å². The Morgan fingerprint density at radius 2 is 2.37 bits per heavy atom. The molecule has 0 atom stereocenters. The van der Waals surface area contributed by atoms with Crippen molar-refractivity contribution in [3.8, 4) is 6.07 Å². The van der Waals surface area contributed by atoms with Gasteiger partial charge in [0.25, 0.3) is 5.56 Å². The van der Waals surface area contributed by atoms with Gasteiger partial charge in [-0.1, -0.05) is 0 Å². The second-order valence-corrected chi connectivity index (χ2v) is 4.15. The van der Waals surface area contributed by atoms with Crippen molar-refractivity contribution in [1.29, 1.82) is 5.26 Å². The Morgan fingerprint density at radius 3 is 3.11 bits per heavy atom. The van der Waals surface area contributed by atoms with E-state index in [9.17, 15) is 4.79 Å². The summed E-state index contributed by atoms with van der Waals surface area (Å²) in [4.78, 5) is 19.9. The standard InChI is InChI=1S/C12H10ClN5O/c1-8-7-15-12(13)17-10(8)16-9-3-2-5-18(6-4-14)11(9)19/h2-3,5,7H,6H2,1H3,(H,15,16,17). The van der Waals surface area contributed by atoms with Crippen molar-refractivity contribution in [2.45, 2.75) is 13.5 Å². The zero-order valence-corrected chi connectivity index (χ0v) is 10.8. The van der Waals surface area contributed by atoms with Gasteiger partial charge in [-0.2, -0.15) is 5.26 Å². The van der Waals surface area contributed by atoms with Crippen LogP contribution in [0.3, 0.4) is 0 Å². The smallest absolute Gasteiger partial charge is 0.275 e. The second-order valence-electron chi connectivity index (χ2n) is 3.81. The van der Waals surface area contributed by atoms with Gasteiger partial charge in [-0.15, -0.1) is 0 Å². The van der Waals surface area contributed by atoms with Crippen LogP contribution in [0, 0.1) is 18.3 Å². The van der Waals surface area contributed by atoms with Crippen molar-refractivity contribution in [2.75, 3.05) is 5.32 Å². The highest BCUT2D eigenvalue weighted by molar-refractivity contribution is 6.28. The van der Waals surface area contributed by atoms with E-state index in [-0.39, 0.29) is 17.4 Å². The zero-order valence-electron chi connectivity index (χ0n) is 10.1. The summed E-state index contributed by atoms with van der Waals surface area (Å²) in [7, 11) is 0. The molecule has 19 heavy (non-hydrogen) atoms. The number of hydrogen-bond donors (Lipinski definition) is 1. The van der Waals surface area contributed by atoms with Gasteiger partial charge < -0.3 is 5.32 Å². The monoisotopic (exact) mass is 275 g/mol. The highest BCUT2D eigenvalue weighted by Gasteiger charge is 2.07. The lowest BCUT2D eigenvalue weighted by Gasteiger charge is -2.09. The van der Waals surface area contributed by atoms with Crippen LogP contribution in [0.15, 0.2) is 29.3 Å². The molecule has 6 nitrogen and oxygen atoms in total. The molecule has 0 aromatic carbocycles. The number of anilines is 2. The molecule has 0 bridgehead atoms. The number of aryl methyl sites for hydroxylation is 1. The predicted molar refractivity (Wildman–Crippen MR) is 71.4 cm³/mol. The number of rotatable bonds is 3. The second kappa shape index (κ2) is 5.50. The Morgan fingerprint density at radius 1 is 1.58 bits per heavy atom. The first-order valence-corrected chi connectivity index (χ1v) is 5.82. The van der Waals surface area contributed by atoms with Gasteiger partial charge >= 0.3 is 0 Å². The van der Waals surface area contributed by atoms with Gasteiger partial charge in [0.05, 0.1) is 6.07 Å². The van der Waals surface area contributed by atoms with Gasteiger partial charge in [0.15, 0.2) is 0 Å². The highest BCUT2D eigenvalue weighted by Crippen LogP contribution is 2.16. The number of nitrogens with zero attached hydrogens (tertiary/aromatic N) is 4. The van der Waals surface area contributed by atoms with Crippen LogP contribution in [0.2, 0.25) is 5.28 Å². The average Bonchev–Trinajstić information content (AvgIpc) is 2.39. The van der Waals surface area contributed by atoms with E-state index in [2.05, 4.69) is 15.3 Å². The topological polar surface area (TPSA) is 83.6 Å². The molecule has 0 amide bonds. The van der Waals surface area contributed by atoms with Crippen LogP contribution in [0.5, 0.6) is 0 Å². The number of hydrogen-bond acceptors (Lipinski definition) is 5. The molecule has 0 saturated carbocycles. The number of aromatic nitrogens is 3. The van der Waals surface area contributed by atoms with Crippen molar-refractivity contribution >= 4 is 23.1 Å². The fourth-order valence-corrected chi connectivity index (χ4v) is 1.64. The molecular formula is C12H10ClN5O. The van der Waals surface area contributed by atoms with Crippen LogP contribution in [-0.4, -0.2) is 14.5 Å². The van der Waals surface area contributed by atoms with E-state index >= 15 is 0 Å². The molecule has 2 aromatic rings. The van der Waals surface area contributed by atoms with Crippen LogP contribution in [0.1, 0.15) is 5.56 Å². The highest BCUT2D eigenvalue weighted by atomic mass is 35.5. The maximum Gasteiger partial charge on any atom is 0.275 e. The third-order valence-corrected chi connectivity index (χ3v) is 2.64. The van der Waals surface area contributed by atoms with Gasteiger partial charge in [0.1, 0.15) is 18.1 Å². The van der Waals surface area contributed by atoms with Gasteiger partial charge in [-0.3, -0.25) is 9.36 Å². The van der Waals surface area contributed by atoms with Crippen molar-refractivity contribution < 1.29 is 0 Å². The van der Waals surface area contributed by atoms with E-state index in [1.165, 1.54) is 4.57 Å². The quantitative estimate of drug-likeness (QED) is 0.865. The largest absolute Gasteiger partial charge is 0.335 e. The van der Waals surface area contributed by atoms with Crippen LogP contribution >= 0.6 is 11.6 Å². The normalized spacial score (nSPS) is 9.95. The first-order valence-electron chi connectivity index (χ1n) is 5.44. The maximum absolute atomic E-state index is 12.0. The summed E-state index contributed by atoms with van der Waals surface area (Å²) in [5, 5.41) is 11.6. The molecule has 0 aliphatic rings. The van der Waals surface area contributed by atoms with E-state index in [1.807, 2.05) is 6.07 Å². The molecule has 0 spiro atoms. The van der Waals surface area contributed by atoms with Gasteiger partial charge in [-0.25, -0.2) is 9.97 Å². The molecule has 0 aliphatic carbocycles. The van der Waals surface area contributed by atoms with E-state index in [4.69, 9.17) is 16.9 Å². The summed E-state index contributed by atoms with van der Waals surface area (Å²) < 4.78 is 1.31. The average molecular weight is 276 g/mol. The van der Waals surface area contributed by atoms with E-state index in [0.29, 0.717) is 11.5 Å². The molecule has 96 valence electrons. The lowest BCUT2D eigenvalue weighted by atomic mass is 10.3. The van der Waals surface area contributed by atoms with Crippen LogP contribution < -0.4 is 10.9 Å². The van der Waals surface area contributed by atoms with E-state index < -0.39 is 0 Å². The van der Waals surface area contributed by atoms with Crippen LogP contribution in [0.25, 0.3) is 0 Å². The Kier molecular flexibility index (Phi) is 3.78. The summed E-state index contributed by atoms with van der Waals surface area (Å²) >= 11 is 5.72. The fraction of sp³-hybridized carbons (Fsp3) is 0.167. The van der Waals surface area contributed by atoms with Gasteiger partial charge in [-0.05, 0) is 30.7 Å². The Balaban J connectivity index is 2.39. The lowest BCUT2D eigenvalue weighted by Crippen LogP contribution is -2.21. The van der Waals surface area contributed by atoms with Crippen molar-refractivity contribution in [1.82, 2.24) is 14.5 Å². The molecule has 0 unspecified atom stereocenters. The van der Waals surface area contributed by atoms with Crippen molar-refractivity contribution in [2.24, 2.45) is 0 Å². The molecule has 2 heterocycles. The molecule has 1 N–H and O–H groups in total. The molecule has 2 rings (SSSR count). The van der Waals surface area contributed by atoms with Crippen molar-refractivity contribution in [3.05, 3.63) is 45.7 Å². The number of halogens is 1. The number of pyridine rings is 1. The maximum atomic E-state index is 12.0. The van der Waals surface area contributed by atoms with Gasteiger partial charge in [0.2, 0.25) is 5.28 Å². The minimum absolute atomic E-state index is 0.00212. The summed E-state index contributed by atoms with van der Waals surface area (Å²) in [6, 6.07) is 5.22. The molecule has 0 radical (unpaired) electrons. The van der Waals surface area contributed by atoms with E-state index in [1.54, 1.807) is 31.5 Å². The molecule has 0 saturated heterocycles. The Bertz CT molecular complexity index is 704. The Hall–Kier alpha value is -2.39. The SMILES string of the molecule is Cc1cnc(Cl)nc1Nc1cccn(CC#N)c1=O. The van der Waals surface area contributed by atoms with Crippen molar-refractivity contribution in [3.63, 3.8) is 0 Å². The molecule has 7 heteroatoms. The third-order valence-electron chi connectivity index (χ3n) is 2.46.